The molecule has 1 atom stereocenters. The summed E-state index contributed by atoms with van der Waals surface area (Å²) in [7, 11) is 0. The lowest BCUT2D eigenvalue weighted by atomic mass is 10.1. The average molecular weight is 382 g/mol. The van der Waals surface area contributed by atoms with Gasteiger partial charge in [0.1, 0.15) is 11.0 Å². The molecule has 3 heterocycles. The second kappa shape index (κ2) is 7.62. The molecular formula is C21H20ClN3O2. The van der Waals surface area contributed by atoms with Crippen LogP contribution in [0.1, 0.15) is 48.3 Å². The number of nitrogens with zero attached hydrogens (tertiary/aromatic N) is 3. The summed E-state index contributed by atoms with van der Waals surface area (Å²) in [5.74, 6) is 0.402. The third-order valence-corrected chi connectivity index (χ3v) is 4.90. The Labute approximate surface area is 162 Å². The summed E-state index contributed by atoms with van der Waals surface area (Å²) >= 11 is 6.00. The lowest BCUT2D eigenvalue weighted by molar-refractivity contribution is 0.0496. The summed E-state index contributed by atoms with van der Waals surface area (Å²) in [6.07, 6.45) is 2.69. The maximum Gasteiger partial charge on any atom is 0.262 e. The Balaban J connectivity index is 1.71. The zero-order valence-electron chi connectivity index (χ0n) is 15.1. The molecule has 0 saturated carbocycles. The molecule has 0 bridgehead atoms. The molecule has 0 fully saturated rings. The van der Waals surface area contributed by atoms with Crippen molar-refractivity contribution in [3.63, 3.8) is 0 Å². The van der Waals surface area contributed by atoms with Crippen molar-refractivity contribution in [2.75, 3.05) is 11.5 Å². The van der Waals surface area contributed by atoms with Gasteiger partial charge in [-0.3, -0.25) is 9.69 Å². The standard InChI is InChI=1S/C21H20ClN3O2/c1-2-3-6-13-27-21-16-8-5-4-7-15(16)20(26)25(21)18-12-10-14-9-11-17(22)23-19(14)24-18/h4-5,7-12,21H,2-3,6,13H2,1H3. The van der Waals surface area contributed by atoms with Gasteiger partial charge in [0.15, 0.2) is 11.9 Å². The number of hydrogen-bond donors (Lipinski definition) is 0. The van der Waals surface area contributed by atoms with E-state index in [0.717, 1.165) is 30.2 Å². The molecule has 3 aromatic rings. The first-order valence-corrected chi connectivity index (χ1v) is 9.54. The first-order chi connectivity index (χ1) is 13.2. The highest BCUT2D eigenvalue weighted by molar-refractivity contribution is 6.29. The Kier molecular flexibility index (Phi) is 5.05. The van der Waals surface area contributed by atoms with Gasteiger partial charge < -0.3 is 4.74 Å². The summed E-state index contributed by atoms with van der Waals surface area (Å²) in [6.45, 7) is 2.74. The quantitative estimate of drug-likeness (QED) is 0.437. The Morgan fingerprint density at radius 3 is 2.74 bits per heavy atom. The molecule has 138 valence electrons. The fraction of sp³-hybridized carbons (Fsp3) is 0.286. The van der Waals surface area contributed by atoms with Gasteiger partial charge in [-0.1, -0.05) is 49.6 Å². The van der Waals surface area contributed by atoms with Gasteiger partial charge >= 0.3 is 0 Å². The number of anilines is 1. The van der Waals surface area contributed by atoms with E-state index in [2.05, 4.69) is 16.9 Å². The molecular weight excluding hydrogens is 362 g/mol. The van der Waals surface area contributed by atoms with Crippen molar-refractivity contribution in [1.29, 1.82) is 0 Å². The number of amides is 1. The Morgan fingerprint density at radius 2 is 1.89 bits per heavy atom. The van der Waals surface area contributed by atoms with Crippen LogP contribution in [0.15, 0.2) is 48.5 Å². The number of halogens is 1. The predicted molar refractivity (Wildman–Crippen MR) is 106 cm³/mol. The maximum absolute atomic E-state index is 13.1. The van der Waals surface area contributed by atoms with Gasteiger partial charge in [-0.15, -0.1) is 0 Å². The molecule has 0 saturated heterocycles. The van der Waals surface area contributed by atoms with Crippen LogP contribution in [0, 0.1) is 0 Å². The van der Waals surface area contributed by atoms with Crippen LogP contribution < -0.4 is 4.90 Å². The fourth-order valence-electron chi connectivity index (χ4n) is 3.32. The summed E-state index contributed by atoms with van der Waals surface area (Å²) in [5, 5.41) is 1.24. The van der Waals surface area contributed by atoms with Crippen molar-refractivity contribution >= 4 is 34.4 Å². The molecule has 0 N–H and O–H groups in total. The van der Waals surface area contributed by atoms with E-state index >= 15 is 0 Å². The number of hydrogen-bond acceptors (Lipinski definition) is 4. The number of fused-ring (bicyclic) bond motifs is 2. The minimum Gasteiger partial charge on any atom is -0.353 e. The van der Waals surface area contributed by atoms with Crippen molar-refractivity contribution < 1.29 is 9.53 Å². The molecule has 5 nitrogen and oxygen atoms in total. The van der Waals surface area contributed by atoms with Crippen molar-refractivity contribution in [3.05, 3.63) is 64.8 Å². The Morgan fingerprint density at radius 1 is 1.07 bits per heavy atom. The van der Waals surface area contributed by atoms with Crippen LogP contribution in [-0.2, 0) is 4.74 Å². The van der Waals surface area contributed by atoms with E-state index in [-0.39, 0.29) is 5.91 Å². The Hall–Kier alpha value is -2.50. The maximum atomic E-state index is 13.1. The van der Waals surface area contributed by atoms with E-state index in [1.807, 2.05) is 42.5 Å². The van der Waals surface area contributed by atoms with E-state index in [1.54, 1.807) is 11.0 Å². The normalized spacial score (nSPS) is 16.1. The molecule has 1 aliphatic rings. The topological polar surface area (TPSA) is 55.3 Å². The third-order valence-electron chi connectivity index (χ3n) is 4.68. The molecule has 0 spiro atoms. The van der Waals surface area contributed by atoms with Crippen LogP contribution >= 0.6 is 11.6 Å². The predicted octanol–water partition coefficient (Wildman–Crippen LogP) is 5.15. The van der Waals surface area contributed by atoms with E-state index in [9.17, 15) is 4.79 Å². The lowest BCUT2D eigenvalue weighted by Crippen LogP contribution is -2.30. The minimum atomic E-state index is -0.477. The molecule has 0 radical (unpaired) electrons. The molecule has 4 rings (SSSR count). The van der Waals surface area contributed by atoms with Crippen molar-refractivity contribution in [2.45, 2.75) is 32.4 Å². The summed E-state index contributed by atoms with van der Waals surface area (Å²) < 4.78 is 6.12. The number of ether oxygens (including phenoxy) is 1. The molecule has 1 amide bonds. The first-order valence-electron chi connectivity index (χ1n) is 9.16. The zero-order valence-corrected chi connectivity index (χ0v) is 15.8. The van der Waals surface area contributed by atoms with E-state index in [4.69, 9.17) is 16.3 Å². The summed E-state index contributed by atoms with van der Waals surface area (Å²) in [5.41, 5.74) is 2.03. The highest BCUT2D eigenvalue weighted by atomic mass is 35.5. The van der Waals surface area contributed by atoms with Gasteiger partial charge in [-0.25, -0.2) is 9.97 Å². The third kappa shape index (κ3) is 3.40. The Bertz CT molecular complexity index is 992. The molecule has 1 unspecified atom stereocenters. The number of benzene rings is 1. The van der Waals surface area contributed by atoms with Gasteiger partial charge in [0, 0.05) is 23.1 Å². The largest absolute Gasteiger partial charge is 0.353 e. The van der Waals surface area contributed by atoms with Crippen LogP contribution in [-0.4, -0.2) is 22.5 Å². The first kappa shape index (κ1) is 17.9. The minimum absolute atomic E-state index is 0.111. The van der Waals surface area contributed by atoms with E-state index in [1.165, 1.54) is 0 Å². The molecule has 27 heavy (non-hydrogen) atoms. The molecule has 1 aromatic carbocycles. The van der Waals surface area contributed by atoms with Gasteiger partial charge in [0.2, 0.25) is 0 Å². The van der Waals surface area contributed by atoms with Gasteiger partial charge in [0.25, 0.3) is 5.91 Å². The lowest BCUT2D eigenvalue weighted by Gasteiger charge is -2.24. The van der Waals surface area contributed by atoms with Crippen LogP contribution in [0.5, 0.6) is 0 Å². The van der Waals surface area contributed by atoms with Crippen molar-refractivity contribution in [2.24, 2.45) is 0 Å². The molecule has 0 aliphatic carbocycles. The summed E-state index contributed by atoms with van der Waals surface area (Å²) in [6, 6.07) is 14.9. The van der Waals surface area contributed by atoms with Gasteiger partial charge in [0.05, 0.1) is 0 Å². The van der Waals surface area contributed by atoms with Gasteiger partial charge in [-0.05, 0) is 36.8 Å². The van der Waals surface area contributed by atoms with Crippen LogP contribution in [0.25, 0.3) is 11.0 Å². The highest BCUT2D eigenvalue weighted by Gasteiger charge is 2.39. The number of aromatic nitrogens is 2. The average Bonchev–Trinajstić information content (AvgIpc) is 2.97. The molecule has 2 aromatic heterocycles. The van der Waals surface area contributed by atoms with Gasteiger partial charge in [-0.2, -0.15) is 0 Å². The number of carbonyl (C=O) groups excluding carboxylic acids is 1. The zero-order chi connectivity index (χ0) is 18.8. The smallest absolute Gasteiger partial charge is 0.262 e. The fourth-order valence-corrected chi connectivity index (χ4v) is 3.46. The van der Waals surface area contributed by atoms with Crippen LogP contribution in [0.2, 0.25) is 5.15 Å². The van der Waals surface area contributed by atoms with Crippen molar-refractivity contribution in [1.82, 2.24) is 9.97 Å². The SMILES string of the molecule is CCCCCOC1c2ccccc2C(=O)N1c1ccc2ccc(Cl)nc2n1. The number of pyridine rings is 2. The second-order valence-electron chi connectivity index (χ2n) is 6.54. The van der Waals surface area contributed by atoms with Crippen LogP contribution in [0.4, 0.5) is 5.82 Å². The number of unbranched alkanes of at least 4 members (excludes halogenated alkanes) is 2. The van der Waals surface area contributed by atoms with E-state index < -0.39 is 6.23 Å². The number of carbonyl (C=O) groups is 1. The van der Waals surface area contributed by atoms with E-state index in [0.29, 0.717) is 28.8 Å². The van der Waals surface area contributed by atoms with Crippen molar-refractivity contribution in [3.8, 4) is 0 Å². The second-order valence-corrected chi connectivity index (χ2v) is 6.93. The number of rotatable bonds is 6. The molecule has 6 heteroatoms. The highest BCUT2D eigenvalue weighted by Crippen LogP contribution is 2.38. The molecule has 1 aliphatic heterocycles. The summed E-state index contributed by atoms with van der Waals surface area (Å²) in [4.78, 5) is 23.5. The van der Waals surface area contributed by atoms with Crippen LogP contribution in [0.3, 0.4) is 0 Å². The monoisotopic (exact) mass is 381 g/mol.